The summed E-state index contributed by atoms with van der Waals surface area (Å²) in [7, 11) is 1.77. The minimum atomic E-state index is -0.576. The predicted molar refractivity (Wildman–Crippen MR) is 111 cm³/mol. The fourth-order valence-electron chi connectivity index (χ4n) is 3.79. The van der Waals surface area contributed by atoms with Gasteiger partial charge in [-0.3, -0.25) is 0 Å². The molecule has 0 fully saturated rings. The highest BCUT2D eigenvalue weighted by molar-refractivity contribution is 5.78. The van der Waals surface area contributed by atoms with Gasteiger partial charge >= 0.3 is 0 Å². The summed E-state index contributed by atoms with van der Waals surface area (Å²) in [5.74, 6) is 1.27. The van der Waals surface area contributed by atoms with E-state index in [1.165, 1.54) is 0 Å². The lowest BCUT2D eigenvalue weighted by Gasteiger charge is -2.18. The Hall–Kier alpha value is -2.71. The zero-order chi connectivity index (χ0) is 20.5. The van der Waals surface area contributed by atoms with Crippen molar-refractivity contribution < 1.29 is 14.2 Å². The molecule has 154 valence electrons. The van der Waals surface area contributed by atoms with E-state index in [-0.39, 0.29) is 5.92 Å². The van der Waals surface area contributed by atoms with Crippen molar-refractivity contribution in [3.63, 3.8) is 0 Å². The number of hydrogen-bond donors (Lipinski definition) is 4. The summed E-state index contributed by atoms with van der Waals surface area (Å²) < 4.78 is 21.6. The zero-order valence-electron chi connectivity index (χ0n) is 16.8. The van der Waals surface area contributed by atoms with Gasteiger partial charge in [-0.15, -0.1) is 0 Å². The number of hydrogen-bond acceptors (Lipinski definition) is 7. The number of halogens is 1. The monoisotopic (exact) mass is 399 g/mol. The second kappa shape index (κ2) is 7.96. The fraction of sp³-hybridized carbons (Fsp3) is 0.429. The molecule has 2 atom stereocenters. The van der Waals surface area contributed by atoms with Gasteiger partial charge in [0.05, 0.1) is 24.0 Å². The third kappa shape index (κ3) is 3.90. The lowest BCUT2D eigenvalue weighted by atomic mass is 9.92. The summed E-state index contributed by atoms with van der Waals surface area (Å²) in [6.45, 7) is 5.46. The second-order valence-electron chi connectivity index (χ2n) is 7.58. The van der Waals surface area contributed by atoms with Crippen molar-refractivity contribution >= 4 is 23.0 Å². The molecule has 2 aliphatic heterocycles. The summed E-state index contributed by atoms with van der Waals surface area (Å²) in [5, 5.41) is 19.4. The summed E-state index contributed by atoms with van der Waals surface area (Å²) in [4.78, 5) is 8.75. The largest absolute Gasteiger partial charge is 0.492 e. The molecule has 4 rings (SSSR count). The van der Waals surface area contributed by atoms with Crippen molar-refractivity contribution in [2.45, 2.75) is 32.3 Å². The van der Waals surface area contributed by atoms with E-state index < -0.39 is 11.9 Å². The summed E-state index contributed by atoms with van der Waals surface area (Å²) in [5.41, 5.74) is 3.18. The lowest BCUT2D eigenvalue weighted by Crippen LogP contribution is -2.24. The number of rotatable bonds is 4. The molecule has 4 N–H and O–H groups in total. The van der Waals surface area contributed by atoms with Crippen molar-refractivity contribution in [2.75, 3.05) is 37.4 Å². The van der Waals surface area contributed by atoms with E-state index in [1.54, 1.807) is 13.1 Å². The van der Waals surface area contributed by atoms with Gasteiger partial charge in [0.1, 0.15) is 11.6 Å². The van der Waals surface area contributed by atoms with E-state index in [0.717, 1.165) is 16.8 Å². The Morgan fingerprint density at radius 1 is 1.31 bits per heavy atom. The molecule has 7 nitrogen and oxygen atoms in total. The van der Waals surface area contributed by atoms with Crippen molar-refractivity contribution in [3.05, 3.63) is 40.8 Å². The third-order valence-electron chi connectivity index (χ3n) is 5.26. The Labute approximate surface area is 169 Å². The molecule has 0 radical (unpaired) electrons. The average molecular weight is 399 g/mol. The van der Waals surface area contributed by atoms with Crippen LogP contribution in [0.1, 0.15) is 36.1 Å². The number of aliphatic hydroxyl groups excluding tert-OH is 1. The topological polar surface area (TPSA) is 91.3 Å². The molecule has 0 bridgehead atoms. The van der Waals surface area contributed by atoms with Crippen molar-refractivity contribution in [1.82, 2.24) is 15.3 Å². The highest BCUT2D eigenvalue weighted by Crippen LogP contribution is 2.45. The smallest absolute Gasteiger partial charge is 0.229 e. The van der Waals surface area contributed by atoms with E-state index in [0.29, 0.717) is 54.9 Å². The molecule has 0 saturated carbocycles. The summed E-state index contributed by atoms with van der Waals surface area (Å²) >= 11 is 0. The van der Waals surface area contributed by atoms with E-state index in [9.17, 15) is 5.11 Å². The molecule has 0 aliphatic carbocycles. The van der Waals surface area contributed by atoms with Crippen LogP contribution in [0.4, 0.5) is 21.8 Å². The standard InChI is InChI=1S/C21H26FN5O2/c1-11-10-29-20-15(11)8-16(26-21-25-12(2)6-17(23-3)27-21)19(22)18(20)13-4-5-24-9-14(28)7-13/h4,6,8,11,14,24,28H,5,7,9-10H2,1-3H3,(H2,23,25,26,27)/t11-,14-/m1/s1. The minimum absolute atomic E-state index is 0.144. The van der Waals surface area contributed by atoms with Gasteiger partial charge in [0.2, 0.25) is 5.95 Å². The number of fused-ring (bicyclic) bond motifs is 1. The van der Waals surface area contributed by atoms with Crippen LogP contribution in [0.15, 0.2) is 18.2 Å². The van der Waals surface area contributed by atoms with Crippen LogP contribution in [-0.2, 0) is 0 Å². The minimum Gasteiger partial charge on any atom is -0.492 e. The van der Waals surface area contributed by atoms with Gasteiger partial charge in [0.15, 0.2) is 5.82 Å². The van der Waals surface area contributed by atoms with Gasteiger partial charge in [-0.05, 0) is 18.6 Å². The Balaban J connectivity index is 1.81. The third-order valence-corrected chi connectivity index (χ3v) is 5.26. The SMILES string of the molecule is CNc1cc(C)nc(Nc2cc3c(c(C4=CCNC[C@H](O)C4)c2F)OC[C@H]3C)n1. The maximum atomic E-state index is 15.7. The Morgan fingerprint density at radius 3 is 2.93 bits per heavy atom. The van der Waals surface area contributed by atoms with Crippen LogP contribution in [0.3, 0.4) is 0 Å². The number of nitrogens with one attached hydrogen (secondary N) is 3. The number of aromatic nitrogens is 2. The van der Waals surface area contributed by atoms with Crippen LogP contribution >= 0.6 is 0 Å². The highest BCUT2D eigenvalue weighted by Gasteiger charge is 2.30. The van der Waals surface area contributed by atoms with Crippen molar-refractivity contribution in [2.24, 2.45) is 0 Å². The molecule has 0 saturated heterocycles. The van der Waals surface area contributed by atoms with Crippen LogP contribution < -0.4 is 20.7 Å². The number of aliphatic hydroxyl groups is 1. The molecule has 0 amide bonds. The van der Waals surface area contributed by atoms with Gasteiger partial charge in [-0.25, -0.2) is 9.37 Å². The van der Waals surface area contributed by atoms with E-state index in [2.05, 4.69) is 32.8 Å². The molecule has 0 spiro atoms. The van der Waals surface area contributed by atoms with Crippen LogP contribution in [0, 0.1) is 12.7 Å². The Morgan fingerprint density at radius 2 is 2.14 bits per heavy atom. The molecule has 1 aromatic carbocycles. The first-order valence-electron chi connectivity index (χ1n) is 9.84. The normalized spacial score (nSPS) is 21.1. The van der Waals surface area contributed by atoms with Crippen molar-refractivity contribution in [3.8, 4) is 5.75 Å². The molecule has 2 aromatic rings. The van der Waals surface area contributed by atoms with Gasteiger partial charge in [-0.2, -0.15) is 4.98 Å². The Bertz CT molecular complexity index is 963. The maximum absolute atomic E-state index is 15.7. The molecule has 0 unspecified atom stereocenters. The van der Waals surface area contributed by atoms with Gasteiger partial charge in [-0.1, -0.05) is 13.0 Å². The van der Waals surface area contributed by atoms with Gasteiger partial charge in [0, 0.05) is 49.8 Å². The fourth-order valence-corrected chi connectivity index (χ4v) is 3.79. The molecule has 8 heteroatoms. The number of benzene rings is 1. The maximum Gasteiger partial charge on any atom is 0.229 e. The lowest BCUT2D eigenvalue weighted by molar-refractivity contribution is 0.180. The zero-order valence-corrected chi connectivity index (χ0v) is 16.8. The highest BCUT2D eigenvalue weighted by atomic mass is 19.1. The molecule has 1 aromatic heterocycles. The van der Waals surface area contributed by atoms with Crippen LogP contribution in [0.25, 0.3) is 5.57 Å². The molecular formula is C21H26FN5O2. The Kier molecular flexibility index (Phi) is 5.38. The molecule has 2 aliphatic rings. The second-order valence-corrected chi connectivity index (χ2v) is 7.58. The average Bonchev–Trinajstić information content (AvgIpc) is 2.91. The number of nitrogens with zero attached hydrogens (tertiary/aromatic N) is 2. The first kappa shape index (κ1) is 19.6. The number of ether oxygens (including phenoxy) is 1. The first-order chi connectivity index (χ1) is 14.0. The summed E-state index contributed by atoms with van der Waals surface area (Å²) in [6.07, 6.45) is 1.71. The van der Waals surface area contributed by atoms with E-state index in [4.69, 9.17) is 4.74 Å². The molecular weight excluding hydrogens is 373 g/mol. The molecule has 3 heterocycles. The quantitative estimate of drug-likeness (QED) is 0.628. The first-order valence-corrected chi connectivity index (χ1v) is 9.84. The molecule has 29 heavy (non-hydrogen) atoms. The van der Waals surface area contributed by atoms with Crippen LogP contribution in [-0.4, -0.2) is 47.9 Å². The number of β-amino-alcohol motifs (C(OH)–C–C–N with tert-alkyl or cyclic N) is 1. The van der Waals surface area contributed by atoms with E-state index >= 15 is 4.39 Å². The number of anilines is 3. The summed E-state index contributed by atoms with van der Waals surface area (Å²) in [6, 6.07) is 3.60. The van der Waals surface area contributed by atoms with Gasteiger partial charge < -0.3 is 25.8 Å². The van der Waals surface area contributed by atoms with Crippen LogP contribution in [0.2, 0.25) is 0 Å². The van der Waals surface area contributed by atoms with Gasteiger partial charge in [0.25, 0.3) is 0 Å². The predicted octanol–water partition coefficient (Wildman–Crippen LogP) is 2.94. The van der Waals surface area contributed by atoms with E-state index in [1.807, 2.05) is 19.1 Å². The number of aryl methyl sites for hydroxylation is 1. The van der Waals surface area contributed by atoms with Crippen LogP contribution in [0.5, 0.6) is 5.75 Å². The van der Waals surface area contributed by atoms with Crippen molar-refractivity contribution in [1.29, 1.82) is 0 Å².